The van der Waals surface area contributed by atoms with Crippen LogP contribution >= 0.6 is 0 Å². The summed E-state index contributed by atoms with van der Waals surface area (Å²) in [5.74, 6) is -5.30. The molecule has 0 fully saturated rings. The van der Waals surface area contributed by atoms with Gasteiger partial charge < -0.3 is 20.9 Å². The summed E-state index contributed by atoms with van der Waals surface area (Å²) in [6.07, 6.45) is 0. The third kappa shape index (κ3) is 3.29. The van der Waals surface area contributed by atoms with Crippen LogP contribution in [-0.4, -0.2) is 14.2 Å². The fraction of sp³-hybridized carbons (Fsp3) is 0.250. The van der Waals surface area contributed by atoms with Crippen molar-refractivity contribution in [3.8, 4) is 11.5 Å². The number of benzene rings is 2. The van der Waals surface area contributed by atoms with E-state index in [0.717, 1.165) is 12.1 Å². The maximum atomic E-state index is 13.6. The van der Waals surface area contributed by atoms with Crippen molar-refractivity contribution in [2.45, 2.75) is 12.1 Å². The van der Waals surface area contributed by atoms with E-state index in [4.69, 9.17) is 20.9 Å². The largest absolute Gasteiger partial charge is 0.494 e. The molecule has 0 radical (unpaired) electrons. The van der Waals surface area contributed by atoms with Gasteiger partial charge in [-0.25, -0.2) is 8.78 Å². The van der Waals surface area contributed by atoms with Crippen molar-refractivity contribution < 1.29 is 27.0 Å². The monoisotopic (exact) mass is 344 g/mol. The van der Waals surface area contributed by atoms with Crippen LogP contribution in [0.3, 0.4) is 0 Å². The lowest BCUT2D eigenvalue weighted by Crippen LogP contribution is -2.27. The van der Waals surface area contributed by atoms with Gasteiger partial charge in [-0.1, -0.05) is 0 Å². The zero-order chi connectivity index (χ0) is 18.0. The average Bonchev–Trinajstić information content (AvgIpc) is 2.58. The Morgan fingerprint density at radius 1 is 0.708 bits per heavy atom. The minimum Gasteiger partial charge on any atom is -0.494 e. The first kappa shape index (κ1) is 18.0. The first-order valence-electron chi connectivity index (χ1n) is 6.87. The summed E-state index contributed by atoms with van der Waals surface area (Å²) in [7, 11) is 2.35. The van der Waals surface area contributed by atoms with Gasteiger partial charge in [-0.3, -0.25) is 0 Å². The Balaban J connectivity index is 2.41. The quantitative estimate of drug-likeness (QED) is 0.818. The lowest BCUT2D eigenvalue weighted by atomic mass is 9.94. The SMILES string of the molecule is COc1cc(C(N)C(N)c2cc(F)c(F)c(OC)c2)cc(F)c1F. The molecule has 4 nitrogen and oxygen atoms in total. The molecule has 2 atom stereocenters. The molecule has 0 heterocycles. The van der Waals surface area contributed by atoms with Gasteiger partial charge in [0.1, 0.15) is 0 Å². The van der Waals surface area contributed by atoms with Gasteiger partial charge in [-0.05, 0) is 35.4 Å². The van der Waals surface area contributed by atoms with Crippen LogP contribution in [0.15, 0.2) is 24.3 Å². The Bertz CT molecular complexity index is 692. The predicted molar refractivity (Wildman–Crippen MR) is 79.7 cm³/mol. The molecule has 4 N–H and O–H groups in total. The zero-order valence-corrected chi connectivity index (χ0v) is 12.9. The van der Waals surface area contributed by atoms with Gasteiger partial charge in [-0.15, -0.1) is 0 Å². The average molecular weight is 344 g/mol. The van der Waals surface area contributed by atoms with Gasteiger partial charge in [0.05, 0.1) is 14.2 Å². The first-order valence-corrected chi connectivity index (χ1v) is 6.87. The van der Waals surface area contributed by atoms with E-state index in [1.165, 1.54) is 26.4 Å². The fourth-order valence-corrected chi connectivity index (χ4v) is 2.26. The van der Waals surface area contributed by atoms with E-state index in [-0.39, 0.29) is 22.6 Å². The normalized spacial score (nSPS) is 13.5. The second-order valence-corrected chi connectivity index (χ2v) is 5.09. The molecule has 2 unspecified atom stereocenters. The van der Waals surface area contributed by atoms with Gasteiger partial charge >= 0.3 is 0 Å². The molecular weight excluding hydrogens is 328 g/mol. The number of halogens is 4. The maximum absolute atomic E-state index is 13.6. The van der Waals surface area contributed by atoms with Crippen LogP contribution in [-0.2, 0) is 0 Å². The number of hydrogen-bond acceptors (Lipinski definition) is 4. The van der Waals surface area contributed by atoms with Crippen molar-refractivity contribution in [2.24, 2.45) is 11.5 Å². The summed E-state index contributed by atoms with van der Waals surface area (Å²) in [6, 6.07) is 2.09. The molecule has 0 amide bonds. The first-order chi connectivity index (χ1) is 11.3. The van der Waals surface area contributed by atoms with Gasteiger partial charge in [-0.2, -0.15) is 8.78 Å². The summed E-state index contributed by atoms with van der Waals surface area (Å²) >= 11 is 0. The number of rotatable bonds is 5. The lowest BCUT2D eigenvalue weighted by molar-refractivity contribution is 0.367. The van der Waals surface area contributed by atoms with E-state index >= 15 is 0 Å². The smallest absolute Gasteiger partial charge is 0.200 e. The molecule has 2 rings (SSSR count). The van der Waals surface area contributed by atoms with Crippen LogP contribution in [0.4, 0.5) is 17.6 Å². The maximum Gasteiger partial charge on any atom is 0.200 e. The zero-order valence-electron chi connectivity index (χ0n) is 12.9. The Morgan fingerprint density at radius 2 is 1.04 bits per heavy atom. The van der Waals surface area contributed by atoms with Crippen LogP contribution in [0.5, 0.6) is 11.5 Å². The highest BCUT2D eigenvalue weighted by Gasteiger charge is 2.23. The molecule has 0 aromatic heterocycles. The highest BCUT2D eigenvalue weighted by Crippen LogP contribution is 2.32. The van der Waals surface area contributed by atoms with Crippen molar-refractivity contribution in [2.75, 3.05) is 14.2 Å². The molecule has 130 valence electrons. The van der Waals surface area contributed by atoms with Crippen LogP contribution in [0.1, 0.15) is 23.2 Å². The van der Waals surface area contributed by atoms with Crippen LogP contribution in [0, 0.1) is 23.3 Å². The summed E-state index contributed by atoms with van der Waals surface area (Å²) in [6.45, 7) is 0. The van der Waals surface area contributed by atoms with Crippen molar-refractivity contribution in [3.63, 3.8) is 0 Å². The molecule has 0 saturated heterocycles. The topological polar surface area (TPSA) is 70.5 Å². The van der Waals surface area contributed by atoms with Gasteiger partial charge in [0.15, 0.2) is 23.1 Å². The Hall–Kier alpha value is -2.32. The summed E-state index contributed by atoms with van der Waals surface area (Å²) in [5.41, 5.74) is 12.2. The minimum absolute atomic E-state index is 0.141. The second kappa shape index (κ2) is 7.06. The molecule has 0 saturated carbocycles. The van der Waals surface area contributed by atoms with E-state index < -0.39 is 35.4 Å². The fourth-order valence-electron chi connectivity index (χ4n) is 2.26. The molecule has 2 aromatic rings. The van der Waals surface area contributed by atoms with Gasteiger partial charge in [0, 0.05) is 12.1 Å². The number of ether oxygens (including phenoxy) is 2. The van der Waals surface area contributed by atoms with Crippen molar-refractivity contribution in [1.29, 1.82) is 0 Å². The number of methoxy groups -OCH3 is 2. The molecule has 8 heteroatoms. The highest BCUT2D eigenvalue weighted by atomic mass is 19.2. The van der Waals surface area contributed by atoms with Crippen LogP contribution < -0.4 is 20.9 Å². The molecule has 0 aliphatic carbocycles. The Kier molecular flexibility index (Phi) is 5.30. The molecule has 24 heavy (non-hydrogen) atoms. The molecular formula is C16H16F4N2O2. The summed E-state index contributed by atoms with van der Waals surface area (Å²) in [5, 5.41) is 0. The van der Waals surface area contributed by atoms with Gasteiger partial charge in [0.2, 0.25) is 11.6 Å². The summed E-state index contributed by atoms with van der Waals surface area (Å²) in [4.78, 5) is 0. The third-order valence-corrected chi connectivity index (χ3v) is 3.63. The minimum atomic E-state index is -1.16. The van der Waals surface area contributed by atoms with E-state index in [2.05, 4.69) is 0 Å². The third-order valence-electron chi connectivity index (χ3n) is 3.63. The highest BCUT2D eigenvalue weighted by molar-refractivity contribution is 5.38. The molecule has 0 bridgehead atoms. The Labute approximate surface area is 136 Å². The van der Waals surface area contributed by atoms with Gasteiger partial charge in [0.25, 0.3) is 0 Å². The second-order valence-electron chi connectivity index (χ2n) is 5.09. The van der Waals surface area contributed by atoms with Crippen molar-refractivity contribution in [1.82, 2.24) is 0 Å². The Morgan fingerprint density at radius 3 is 1.33 bits per heavy atom. The predicted octanol–water partition coefficient (Wildman–Crippen LogP) is 2.96. The van der Waals surface area contributed by atoms with Crippen molar-refractivity contribution in [3.05, 3.63) is 58.7 Å². The van der Waals surface area contributed by atoms with Crippen LogP contribution in [0.2, 0.25) is 0 Å². The molecule has 0 aliphatic heterocycles. The van der Waals surface area contributed by atoms with E-state index in [0.29, 0.717) is 0 Å². The van der Waals surface area contributed by atoms with E-state index in [1.54, 1.807) is 0 Å². The molecule has 0 spiro atoms. The van der Waals surface area contributed by atoms with E-state index in [9.17, 15) is 17.6 Å². The summed E-state index contributed by atoms with van der Waals surface area (Å²) < 4.78 is 63.7. The van der Waals surface area contributed by atoms with E-state index in [1.807, 2.05) is 0 Å². The number of hydrogen-bond donors (Lipinski definition) is 2. The van der Waals surface area contributed by atoms with Crippen LogP contribution in [0.25, 0.3) is 0 Å². The molecule has 2 aromatic carbocycles. The standard InChI is InChI=1S/C16H16F4N2O2/c1-23-11-5-7(3-9(17)13(11)19)15(21)16(22)8-4-10(18)14(20)12(6-8)24-2/h3-6,15-16H,21-22H2,1-2H3. The number of nitrogens with two attached hydrogens (primary N) is 2. The van der Waals surface area contributed by atoms with Crippen molar-refractivity contribution >= 4 is 0 Å². The molecule has 0 aliphatic rings. The lowest BCUT2D eigenvalue weighted by Gasteiger charge is -2.22.